The van der Waals surface area contributed by atoms with Crippen LogP contribution in [0.1, 0.15) is 32.8 Å². The van der Waals surface area contributed by atoms with Crippen molar-refractivity contribution < 1.29 is 17.4 Å². The summed E-state index contributed by atoms with van der Waals surface area (Å²) in [5.74, 6) is 0.312. The maximum Gasteiger partial charge on any atom is 0.306 e. The molecule has 0 heterocycles. The molecule has 0 bridgehead atoms. The van der Waals surface area contributed by atoms with Crippen LogP contribution >= 0.6 is 0 Å². The zero-order valence-corrected chi connectivity index (χ0v) is 16.9. The molecular formula is C18H30N2O4S. The van der Waals surface area contributed by atoms with Gasteiger partial charge in [0, 0.05) is 31.6 Å². The number of carbonyl (C=O) groups is 1. The Kier molecular flexibility index (Phi) is 7.44. The van der Waals surface area contributed by atoms with E-state index >= 15 is 0 Å². The van der Waals surface area contributed by atoms with Crippen LogP contribution in [-0.2, 0) is 21.5 Å². The Morgan fingerprint density at radius 3 is 2.24 bits per heavy atom. The smallest absolute Gasteiger partial charge is 0.306 e. The fourth-order valence-corrected chi connectivity index (χ4v) is 2.75. The molecule has 0 saturated carbocycles. The SMILES string of the molecule is CN(C)CCN(Cc1ccccc1OS(C)(=O)=O)C(=O)CC(C)(C)C. The Hall–Kier alpha value is -1.60. The molecule has 0 saturated heterocycles. The molecule has 142 valence electrons. The van der Waals surface area contributed by atoms with Crippen LogP contribution in [0.4, 0.5) is 0 Å². The highest BCUT2D eigenvalue weighted by molar-refractivity contribution is 7.86. The minimum atomic E-state index is -3.62. The first-order valence-electron chi connectivity index (χ1n) is 8.27. The molecule has 0 fully saturated rings. The van der Waals surface area contributed by atoms with Crippen molar-refractivity contribution >= 4 is 16.0 Å². The molecule has 1 rings (SSSR count). The molecule has 1 amide bonds. The van der Waals surface area contributed by atoms with Crippen molar-refractivity contribution in [1.29, 1.82) is 0 Å². The highest BCUT2D eigenvalue weighted by Gasteiger charge is 2.22. The standard InChI is InChI=1S/C18H30N2O4S/c1-18(2,3)13-17(21)20(12-11-19(4)5)14-15-9-7-8-10-16(15)24-25(6,22)23/h7-10H,11-14H2,1-6H3. The van der Waals surface area contributed by atoms with E-state index in [9.17, 15) is 13.2 Å². The van der Waals surface area contributed by atoms with E-state index < -0.39 is 10.1 Å². The van der Waals surface area contributed by atoms with Crippen LogP contribution in [0.3, 0.4) is 0 Å². The van der Waals surface area contributed by atoms with Gasteiger partial charge in [-0.05, 0) is 25.6 Å². The summed E-state index contributed by atoms with van der Waals surface area (Å²) in [5.41, 5.74) is 0.560. The lowest BCUT2D eigenvalue weighted by atomic mass is 9.91. The molecule has 25 heavy (non-hydrogen) atoms. The second kappa shape index (κ2) is 8.67. The van der Waals surface area contributed by atoms with E-state index in [4.69, 9.17) is 4.18 Å². The van der Waals surface area contributed by atoms with Crippen molar-refractivity contribution in [3.05, 3.63) is 29.8 Å². The van der Waals surface area contributed by atoms with Crippen molar-refractivity contribution in [2.24, 2.45) is 5.41 Å². The summed E-state index contributed by atoms with van der Waals surface area (Å²) in [6, 6.07) is 6.91. The molecule has 0 aliphatic heterocycles. The average Bonchev–Trinajstić information content (AvgIpc) is 2.41. The molecule has 0 aromatic heterocycles. The van der Waals surface area contributed by atoms with Crippen LogP contribution in [-0.4, -0.2) is 57.6 Å². The summed E-state index contributed by atoms with van der Waals surface area (Å²) >= 11 is 0. The van der Waals surface area contributed by atoms with E-state index in [1.165, 1.54) is 0 Å². The Labute approximate surface area is 151 Å². The van der Waals surface area contributed by atoms with Crippen molar-refractivity contribution in [3.63, 3.8) is 0 Å². The van der Waals surface area contributed by atoms with E-state index in [-0.39, 0.29) is 17.1 Å². The van der Waals surface area contributed by atoms with E-state index in [1.807, 2.05) is 45.8 Å². The maximum atomic E-state index is 12.7. The van der Waals surface area contributed by atoms with Gasteiger partial charge < -0.3 is 14.0 Å². The quantitative estimate of drug-likeness (QED) is 0.657. The van der Waals surface area contributed by atoms with Gasteiger partial charge in [-0.3, -0.25) is 4.79 Å². The Morgan fingerprint density at radius 2 is 1.72 bits per heavy atom. The number of hydrogen-bond donors (Lipinski definition) is 0. The molecule has 0 aliphatic rings. The molecule has 0 aliphatic carbocycles. The molecular weight excluding hydrogens is 340 g/mol. The first kappa shape index (κ1) is 21.4. The molecule has 7 heteroatoms. The van der Waals surface area contributed by atoms with Gasteiger partial charge in [-0.1, -0.05) is 39.0 Å². The average molecular weight is 371 g/mol. The van der Waals surface area contributed by atoms with Crippen LogP contribution in [0.25, 0.3) is 0 Å². The van der Waals surface area contributed by atoms with Crippen LogP contribution in [0, 0.1) is 5.41 Å². The number of hydrogen-bond acceptors (Lipinski definition) is 5. The van der Waals surface area contributed by atoms with Gasteiger partial charge in [0.2, 0.25) is 5.91 Å². The lowest BCUT2D eigenvalue weighted by Crippen LogP contribution is -2.38. The number of likely N-dealkylation sites (N-methyl/N-ethyl adjacent to an activating group) is 1. The highest BCUT2D eigenvalue weighted by atomic mass is 32.2. The molecule has 0 radical (unpaired) electrons. The highest BCUT2D eigenvalue weighted by Crippen LogP contribution is 2.24. The van der Waals surface area contributed by atoms with Crippen molar-refractivity contribution in [2.45, 2.75) is 33.7 Å². The topological polar surface area (TPSA) is 66.9 Å². The van der Waals surface area contributed by atoms with Gasteiger partial charge in [0.15, 0.2) is 0 Å². The van der Waals surface area contributed by atoms with Crippen molar-refractivity contribution in [1.82, 2.24) is 9.80 Å². The van der Waals surface area contributed by atoms with Gasteiger partial charge >= 0.3 is 10.1 Å². The number of para-hydroxylation sites is 1. The molecule has 0 unspecified atom stereocenters. The summed E-state index contributed by atoms with van der Waals surface area (Å²) in [7, 11) is 0.281. The molecule has 0 N–H and O–H groups in total. The predicted octanol–water partition coefficient (Wildman–Crippen LogP) is 2.35. The fraction of sp³-hybridized carbons (Fsp3) is 0.611. The third-order valence-corrected chi connectivity index (χ3v) is 3.91. The first-order chi connectivity index (χ1) is 11.4. The fourth-order valence-electron chi connectivity index (χ4n) is 2.26. The largest absolute Gasteiger partial charge is 0.382 e. The number of amides is 1. The Bertz CT molecular complexity index is 679. The van der Waals surface area contributed by atoms with Crippen LogP contribution in [0.15, 0.2) is 24.3 Å². The van der Waals surface area contributed by atoms with Crippen LogP contribution < -0.4 is 4.18 Å². The summed E-state index contributed by atoms with van der Waals surface area (Å²) in [5, 5.41) is 0. The lowest BCUT2D eigenvalue weighted by Gasteiger charge is -2.28. The number of rotatable bonds is 8. The van der Waals surface area contributed by atoms with Gasteiger partial charge in [-0.25, -0.2) is 0 Å². The molecule has 0 atom stereocenters. The minimum absolute atomic E-state index is 0.0449. The van der Waals surface area contributed by atoms with E-state index in [1.54, 1.807) is 23.1 Å². The maximum absolute atomic E-state index is 12.7. The second-order valence-electron chi connectivity index (χ2n) is 7.75. The number of nitrogens with zero attached hydrogens (tertiary/aromatic N) is 2. The Balaban J connectivity index is 3.03. The summed E-state index contributed by atoms with van der Waals surface area (Å²) < 4.78 is 28.0. The van der Waals surface area contributed by atoms with Gasteiger partial charge in [-0.2, -0.15) is 8.42 Å². The second-order valence-corrected chi connectivity index (χ2v) is 9.33. The van der Waals surface area contributed by atoms with Crippen LogP contribution in [0.2, 0.25) is 0 Å². The molecule has 1 aromatic rings. The summed E-state index contributed by atoms with van der Waals surface area (Å²) in [6.45, 7) is 7.68. The van der Waals surface area contributed by atoms with Crippen molar-refractivity contribution in [3.8, 4) is 5.75 Å². The van der Waals surface area contributed by atoms with E-state index in [2.05, 4.69) is 0 Å². The number of carbonyl (C=O) groups excluding carboxylic acids is 1. The third kappa shape index (κ3) is 8.88. The summed E-state index contributed by atoms with van der Waals surface area (Å²) in [6.07, 6.45) is 1.44. The Morgan fingerprint density at radius 1 is 1.12 bits per heavy atom. The molecule has 1 aromatic carbocycles. The van der Waals surface area contributed by atoms with Gasteiger partial charge in [0.25, 0.3) is 0 Å². The zero-order valence-electron chi connectivity index (χ0n) is 16.1. The first-order valence-corrected chi connectivity index (χ1v) is 10.1. The van der Waals surface area contributed by atoms with E-state index in [0.717, 1.165) is 12.8 Å². The van der Waals surface area contributed by atoms with Gasteiger partial charge in [0.05, 0.1) is 6.26 Å². The lowest BCUT2D eigenvalue weighted by molar-refractivity contribution is -0.133. The predicted molar refractivity (Wildman–Crippen MR) is 100.0 cm³/mol. The van der Waals surface area contributed by atoms with Crippen LogP contribution in [0.5, 0.6) is 5.75 Å². The zero-order chi connectivity index (χ0) is 19.3. The minimum Gasteiger partial charge on any atom is -0.382 e. The number of benzene rings is 1. The van der Waals surface area contributed by atoms with E-state index in [0.29, 0.717) is 25.1 Å². The van der Waals surface area contributed by atoms with Gasteiger partial charge in [-0.15, -0.1) is 0 Å². The summed E-state index contributed by atoms with van der Waals surface area (Å²) in [4.78, 5) is 16.5. The molecule has 6 nitrogen and oxygen atoms in total. The third-order valence-electron chi connectivity index (χ3n) is 3.43. The van der Waals surface area contributed by atoms with Gasteiger partial charge in [0.1, 0.15) is 5.75 Å². The molecule has 0 spiro atoms. The monoisotopic (exact) mass is 370 g/mol. The normalized spacial score (nSPS) is 12.3. The van der Waals surface area contributed by atoms with Crippen molar-refractivity contribution in [2.75, 3.05) is 33.4 Å².